The highest BCUT2D eigenvalue weighted by Crippen LogP contribution is 2.29. The van der Waals surface area contributed by atoms with Crippen LogP contribution in [0.5, 0.6) is 5.88 Å². The summed E-state index contributed by atoms with van der Waals surface area (Å²) in [4.78, 5) is 14.5. The monoisotopic (exact) mass is 357 g/mol. The first-order valence-corrected chi connectivity index (χ1v) is 10.5. The van der Waals surface area contributed by atoms with Gasteiger partial charge in [0.25, 0.3) is 0 Å². The number of piperidine rings is 1. The molecule has 2 heterocycles. The zero-order valence-corrected chi connectivity index (χ0v) is 15.8. The number of hydrogen-bond donors (Lipinski definition) is 0. The largest absolute Gasteiger partial charge is 0.476 e. The molecule has 0 spiro atoms. The number of amides is 1. The van der Waals surface area contributed by atoms with E-state index in [0.717, 1.165) is 50.9 Å². The lowest BCUT2D eigenvalue weighted by molar-refractivity contribution is -0.133. The first kappa shape index (κ1) is 17.7. The lowest BCUT2D eigenvalue weighted by Gasteiger charge is -2.32. The third kappa shape index (κ3) is 4.36. The fraction of sp³-hybridized carbons (Fsp3) is 0.762. The molecular formula is C21H31N3O2. The van der Waals surface area contributed by atoms with Crippen LogP contribution in [0.15, 0.2) is 6.07 Å². The van der Waals surface area contributed by atoms with Crippen molar-refractivity contribution in [2.75, 3.05) is 19.7 Å². The number of likely N-dealkylation sites (tertiary alicyclic amines) is 1. The Balaban J connectivity index is 1.21. The average Bonchev–Trinajstić information content (AvgIpc) is 3.19. The normalized spacial score (nSPS) is 21.6. The second-order valence-electron chi connectivity index (χ2n) is 8.35. The van der Waals surface area contributed by atoms with Gasteiger partial charge in [0.2, 0.25) is 11.8 Å². The molecule has 2 aliphatic carbocycles. The van der Waals surface area contributed by atoms with Crippen molar-refractivity contribution < 1.29 is 9.53 Å². The molecule has 5 nitrogen and oxygen atoms in total. The second kappa shape index (κ2) is 8.36. The smallest absolute Gasteiger partial charge is 0.233 e. The summed E-state index contributed by atoms with van der Waals surface area (Å²) in [5.74, 6) is 2.21. The van der Waals surface area contributed by atoms with Gasteiger partial charge in [0.15, 0.2) is 0 Å². The van der Waals surface area contributed by atoms with Gasteiger partial charge in [-0.15, -0.1) is 5.10 Å². The molecule has 1 saturated heterocycles. The van der Waals surface area contributed by atoms with E-state index in [4.69, 9.17) is 4.74 Å². The summed E-state index contributed by atoms with van der Waals surface area (Å²) in [6, 6.07) is 2.09. The van der Waals surface area contributed by atoms with Crippen LogP contribution >= 0.6 is 0 Å². The molecule has 26 heavy (non-hydrogen) atoms. The number of hydrogen-bond acceptors (Lipinski definition) is 4. The van der Waals surface area contributed by atoms with Crippen molar-refractivity contribution in [3.05, 3.63) is 17.3 Å². The van der Waals surface area contributed by atoms with Crippen molar-refractivity contribution in [2.24, 2.45) is 11.8 Å². The molecule has 4 rings (SSSR count). The van der Waals surface area contributed by atoms with E-state index in [1.165, 1.54) is 44.1 Å². The molecule has 0 N–H and O–H groups in total. The summed E-state index contributed by atoms with van der Waals surface area (Å²) in [7, 11) is 0. The third-order valence-electron chi connectivity index (χ3n) is 6.42. The number of aryl methyl sites for hydroxylation is 2. The highest BCUT2D eigenvalue weighted by atomic mass is 16.5. The van der Waals surface area contributed by atoms with Crippen molar-refractivity contribution in [1.29, 1.82) is 0 Å². The van der Waals surface area contributed by atoms with Crippen LogP contribution in [-0.4, -0.2) is 40.7 Å². The number of nitrogens with zero attached hydrogens (tertiary/aromatic N) is 3. The van der Waals surface area contributed by atoms with Crippen LogP contribution in [0.1, 0.15) is 69.0 Å². The lowest BCUT2D eigenvalue weighted by atomic mass is 9.96. The molecule has 0 atom stereocenters. The van der Waals surface area contributed by atoms with E-state index in [-0.39, 0.29) is 0 Å². The lowest BCUT2D eigenvalue weighted by Crippen LogP contribution is -2.40. The molecule has 0 radical (unpaired) electrons. The molecule has 2 fully saturated rings. The Morgan fingerprint density at radius 1 is 1.00 bits per heavy atom. The highest BCUT2D eigenvalue weighted by molar-refractivity contribution is 5.76. The number of ether oxygens (including phenoxy) is 1. The number of fused-ring (bicyclic) bond motifs is 1. The van der Waals surface area contributed by atoms with Crippen LogP contribution in [0.25, 0.3) is 0 Å². The van der Waals surface area contributed by atoms with Crippen molar-refractivity contribution in [2.45, 2.75) is 70.6 Å². The van der Waals surface area contributed by atoms with E-state index in [9.17, 15) is 4.79 Å². The molecule has 1 aromatic rings. The summed E-state index contributed by atoms with van der Waals surface area (Å²) in [6.07, 6.45) is 12.6. The Labute approximate surface area is 156 Å². The van der Waals surface area contributed by atoms with Crippen molar-refractivity contribution in [3.63, 3.8) is 0 Å². The first-order chi connectivity index (χ1) is 12.8. The zero-order valence-electron chi connectivity index (χ0n) is 15.8. The average molecular weight is 357 g/mol. The maximum Gasteiger partial charge on any atom is 0.233 e. The van der Waals surface area contributed by atoms with Gasteiger partial charge in [-0.25, -0.2) is 0 Å². The number of carbonyl (C=O) groups is 1. The second-order valence-corrected chi connectivity index (χ2v) is 8.35. The molecule has 5 heteroatoms. The summed E-state index contributed by atoms with van der Waals surface area (Å²) in [5.41, 5.74) is 2.46. The summed E-state index contributed by atoms with van der Waals surface area (Å²) in [5, 5.41) is 8.58. The predicted octanol–water partition coefficient (Wildman–Crippen LogP) is 3.55. The van der Waals surface area contributed by atoms with Crippen LogP contribution in [0.4, 0.5) is 0 Å². The third-order valence-corrected chi connectivity index (χ3v) is 6.42. The van der Waals surface area contributed by atoms with Gasteiger partial charge in [-0.2, -0.15) is 5.10 Å². The van der Waals surface area contributed by atoms with Crippen LogP contribution in [0, 0.1) is 11.8 Å². The molecule has 142 valence electrons. The Hall–Kier alpha value is -1.65. The van der Waals surface area contributed by atoms with Gasteiger partial charge in [0.1, 0.15) is 0 Å². The van der Waals surface area contributed by atoms with Gasteiger partial charge >= 0.3 is 0 Å². The predicted molar refractivity (Wildman–Crippen MR) is 100 cm³/mol. The minimum atomic E-state index is 0.372. The Kier molecular flexibility index (Phi) is 5.71. The topological polar surface area (TPSA) is 55.3 Å². The van der Waals surface area contributed by atoms with Gasteiger partial charge in [-0.1, -0.05) is 12.8 Å². The van der Waals surface area contributed by atoms with Gasteiger partial charge in [-0.3, -0.25) is 4.79 Å². The molecule has 1 saturated carbocycles. The van der Waals surface area contributed by atoms with E-state index in [1.54, 1.807) is 0 Å². The Morgan fingerprint density at radius 3 is 2.58 bits per heavy atom. The highest BCUT2D eigenvalue weighted by Gasteiger charge is 2.26. The minimum absolute atomic E-state index is 0.372. The van der Waals surface area contributed by atoms with Crippen LogP contribution in [0.2, 0.25) is 0 Å². The van der Waals surface area contributed by atoms with E-state index in [1.807, 2.05) is 0 Å². The molecule has 3 aliphatic rings. The van der Waals surface area contributed by atoms with Crippen LogP contribution in [-0.2, 0) is 17.6 Å². The molecule has 0 unspecified atom stereocenters. The molecule has 1 aliphatic heterocycles. The van der Waals surface area contributed by atoms with E-state index < -0.39 is 0 Å². The Morgan fingerprint density at radius 2 is 1.77 bits per heavy atom. The fourth-order valence-electron chi connectivity index (χ4n) is 4.68. The van der Waals surface area contributed by atoms with E-state index in [2.05, 4.69) is 21.2 Å². The molecule has 1 aromatic heterocycles. The summed E-state index contributed by atoms with van der Waals surface area (Å²) < 4.78 is 5.94. The molecule has 0 bridgehead atoms. The molecule has 0 aromatic carbocycles. The van der Waals surface area contributed by atoms with Crippen LogP contribution < -0.4 is 4.74 Å². The minimum Gasteiger partial charge on any atom is -0.476 e. The van der Waals surface area contributed by atoms with Gasteiger partial charge < -0.3 is 9.64 Å². The molecular weight excluding hydrogens is 326 g/mol. The standard InChI is InChI=1S/C21H31N3O2/c25-21(13-16-5-1-2-6-16)24-11-9-17(10-12-24)15-26-20-14-18-7-3-4-8-19(18)22-23-20/h14,16-17H,1-13,15H2. The summed E-state index contributed by atoms with van der Waals surface area (Å²) >= 11 is 0. The van der Waals surface area contributed by atoms with Crippen molar-refractivity contribution >= 4 is 5.91 Å². The maximum absolute atomic E-state index is 12.5. The molecule has 1 amide bonds. The van der Waals surface area contributed by atoms with Crippen molar-refractivity contribution in [3.8, 4) is 5.88 Å². The SMILES string of the molecule is O=C(CC1CCCC1)N1CCC(COc2cc3c(nn2)CCCC3)CC1. The first-order valence-electron chi connectivity index (χ1n) is 10.5. The van der Waals surface area contributed by atoms with E-state index >= 15 is 0 Å². The number of aromatic nitrogens is 2. The zero-order chi connectivity index (χ0) is 17.8. The summed E-state index contributed by atoms with van der Waals surface area (Å²) in [6.45, 7) is 2.46. The Bertz CT molecular complexity index is 620. The number of carbonyl (C=O) groups excluding carboxylic acids is 1. The van der Waals surface area contributed by atoms with Gasteiger partial charge in [0.05, 0.1) is 12.3 Å². The van der Waals surface area contributed by atoms with Gasteiger partial charge in [0, 0.05) is 25.6 Å². The fourth-order valence-corrected chi connectivity index (χ4v) is 4.68. The van der Waals surface area contributed by atoms with Crippen molar-refractivity contribution in [1.82, 2.24) is 15.1 Å². The quantitative estimate of drug-likeness (QED) is 0.809. The maximum atomic E-state index is 12.5. The van der Waals surface area contributed by atoms with Gasteiger partial charge in [-0.05, 0) is 68.8 Å². The van der Waals surface area contributed by atoms with Crippen LogP contribution in [0.3, 0.4) is 0 Å². The number of rotatable bonds is 5. The van der Waals surface area contributed by atoms with E-state index in [0.29, 0.717) is 30.2 Å².